The van der Waals surface area contributed by atoms with Gasteiger partial charge in [0.2, 0.25) is 11.8 Å². The second-order valence-electron chi connectivity index (χ2n) is 4.22. The highest BCUT2D eigenvalue weighted by Gasteiger charge is 2.11. The Morgan fingerprint density at radius 3 is 2.62 bits per heavy atom. The average molecular weight is 328 g/mol. The van der Waals surface area contributed by atoms with Crippen molar-refractivity contribution in [3.05, 3.63) is 39.5 Å². The van der Waals surface area contributed by atoms with E-state index in [0.29, 0.717) is 39.8 Å². The van der Waals surface area contributed by atoms with E-state index in [2.05, 4.69) is 15.3 Å². The van der Waals surface area contributed by atoms with Crippen LogP contribution in [0, 0.1) is 0 Å². The molecule has 0 radical (unpaired) electrons. The van der Waals surface area contributed by atoms with Crippen LogP contribution in [0.4, 0.5) is 11.6 Å². The summed E-state index contributed by atoms with van der Waals surface area (Å²) in [5, 5.41) is 4.07. The van der Waals surface area contributed by atoms with E-state index in [0.717, 1.165) is 5.56 Å². The number of methoxy groups -OCH3 is 1. The quantitative estimate of drug-likeness (QED) is 0.780. The van der Waals surface area contributed by atoms with Crippen molar-refractivity contribution < 1.29 is 4.74 Å². The molecule has 1 heterocycles. The van der Waals surface area contributed by atoms with Gasteiger partial charge < -0.3 is 21.5 Å². The largest absolute Gasteiger partial charge is 0.479 e. The summed E-state index contributed by atoms with van der Waals surface area (Å²) in [7, 11) is 1.49. The fourth-order valence-corrected chi connectivity index (χ4v) is 2.03. The molecule has 0 bridgehead atoms. The molecule has 1 aromatic carbocycles. The first-order valence-corrected chi connectivity index (χ1v) is 6.89. The highest BCUT2D eigenvalue weighted by Crippen LogP contribution is 2.24. The van der Waals surface area contributed by atoms with E-state index in [1.165, 1.54) is 7.11 Å². The van der Waals surface area contributed by atoms with E-state index in [1.807, 2.05) is 6.07 Å². The van der Waals surface area contributed by atoms with Gasteiger partial charge in [0.05, 0.1) is 22.8 Å². The van der Waals surface area contributed by atoms with Crippen LogP contribution in [0.25, 0.3) is 0 Å². The Bertz CT molecular complexity index is 625. The van der Waals surface area contributed by atoms with E-state index in [4.69, 9.17) is 39.4 Å². The molecule has 0 amide bonds. The SMILES string of the molecule is COc1nc(NCc2ccc(Cl)c(Cl)c2)nc(CN)c1N. The maximum atomic E-state index is 5.97. The Morgan fingerprint density at radius 2 is 2.00 bits per heavy atom. The van der Waals surface area contributed by atoms with E-state index < -0.39 is 0 Å². The maximum absolute atomic E-state index is 5.97. The number of hydrogen-bond donors (Lipinski definition) is 3. The summed E-state index contributed by atoms with van der Waals surface area (Å²) < 4.78 is 5.10. The predicted molar refractivity (Wildman–Crippen MR) is 84.7 cm³/mol. The third-order valence-corrected chi connectivity index (χ3v) is 3.55. The van der Waals surface area contributed by atoms with Gasteiger partial charge in [-0.15, -0.1) is 0 Å². The third kappa shape index (κ3) is 3.66. The summed E-state index contributed by atoms with van der Waals surface area (Å²) in [5.41, 5.74) is 13.2. The number of nitrogen functional groups attached to an aromatic ring is 1. The van der Waals surface area contributed by atoms with Gasteiger partial charge in [-0.1, -0.05) is 29.3 Å². The minimum Gasteiger partial charge on any atom is -0.479 e. The van der Waals surface area contributed by atoms with Crippen molar-refractivity contribution in [1.29, 1.82) is 0 Å². The molecule has 2 rings (SSSR count). The van der Waals surface area contributed by atoms with Crippen LogP contribution < -0.4 is 21.5 Å². The van der Waals surface area contributed by atoms with Gasteiger partial charge in [-0.2, -0.15) is 4.98 Å². The standard InChI is InChI=1S/C13H15Cl2N5O/c1-21-12-11(17)10(5-16)19-13(20-12)18-6-7-2-3-8(14)9(15)4-7/h2-4H,5-6,16-17H2,1H3,(H,18,19,20). The number of anilines is 2. The summed E-state index contributed by atoms with van der Waals surface area (Å²) in [4.78, 5) is 8.41. The molecule has 21 heavy (non-hydrogen) atoms. The molecule has 0 fully saturated rings. The lowest BCUT2D eigenvalue weighted by atomic mass is 10.2. The molecule has 0 atom stereocenters. The van der Waals surface area contributed by atoms with Gasteiger partial charge in [-0.3, -0.25) is 0 Å². The molecule has 0 saturated carbocycles. The normalized spacial score (nSPS) is 10.5. The molecule has 0 aliphatic heterocycles. The molecular weight excluding hydrogens is 313 g/mol. The van der Waals surface area contributed by atoms with Gasteiger partial charge >= 0.3 is 0 Å². The summed E-state index contributed by atoms with van der Waals surface area (Å²) in [6, 6.07) is 5.37. The Morgan fingerprint density at radius 1 is 1.24 bits per heavy atom. The maximum Gasteiger partial charge on any atom is 0.242 e. The van der Waals surface area contributed by atoms with Gasteiger partial charge in [0.25, 0.3) is 0 Å². The van der Waals surface area contributed by atoms with Gasteiger partial charge in [-0.25, -0.2) is 4.98 Å². The Balaban J connectivity index is 2.17. The molecular formula is C13H15Cl2N5O. The lowest BCUT2D eigenvalue weighted by molar-refractivity contribution is 0.399. The summed E-state index contributed by atoms with van der Waals surface area (Å²) in [6.45, 7) is 0.681. The van der Waals surface area contributed by atoms with E-state index in [9.17, 15) is 0 Å². The van der Waals surface area contributed by atoms with Crippen LogP contribution in [0.1, 0.15) is 11.3 Å². The number of aromatic nitrogens is 2. The molecule has 8 heteroatoms. The number of nitrogens with zero attached hydrogens (tertiary/aromatic N) is 2. The topological polar surface area (TPSA) is 99.1 Å². The molecule has 0 unspecified atom stereocenters. The Kier molecular flexibility index (Phi) is 5.06. The monoisotopic (exact) mass is 327 g/mol. The minimum absolute atomic E-state index is 0.201. The average Bonchev–Trinajstić information content (AvgIpc) is 2.49. The van der Waals surface area contributed by atoms with E-state index in [-0.39, 0.29) is 6.54 Å². The molecule has 1 aromatic heterocycles. The smallest absolute Gasteiger partial charge is 0.242 e. The number of halogens is 2. The first-order chi connectivity index (χ1) is 10.0. The van der Waals surface area contributed by atoms with Crippen LogP contribution in [-0.4, -0.2) is 17.1 Å². The summed E-state index contributed by atoms with van der Waals surface area (Å²) >= 11 is 11.8. The minimum atomic E-state index is 0.201. The number of nitrogens with one attached hydrogen (secondary N) is 1. The van der Waals surface area contributed by atoms with Crippen LogP contribution in [0.3, 0.4) is 0 Å². The molecule has 5 N–H and O–H groups in total. The highest BCUT2D eigenvalue weighted by molar-refractivity contribution is 6.42. The van der Waals surface area contributed by atoms with Crippen molar-refractivity contribution >= 4 is 34.8 Å². The number of benzene rings is 1. The molecule has 0 spiro atoms. The van der Waals surface area contributed by atoms with E-state index >= 15 is 0 Å². The zero-order chi connectivity index (χ0) is 15.4. The molecule has 0 saturated heterocycles. The molecule has 2 aromatic rings. The van der Waals surface area contributed by atoms with Crippen LogP contribution >= 0.6 is 23.2 Å². The van der Waals surface area contributed by atoms with Gasteiger partial charge in [0.1, 0.15) is 5.69 Å². The lowest BCUT2D eigenvalue weighted by Crippen LogP contribution is -2.12. The van der Waals surface area contributed by atoms with Gasteiger partial charge in [0, 0.05) is 13.1 Å². The number of hydrogen-bond acceptors (Lipinski definition) is 6. The van der Waals surface area contributed by atoms with Gasteiger partial charge in [-0.05, 0) is 17.7 Å². The fourth-order valence-electron chi connectivity index (χ4n) is 1.71. The van der Waals surface area contributed by atoms with E-state index in [1.54, 1.807) is 12.1 Å². The van der Waals surface area contributed by atoms with Crippen LogP contribution in [0.2, 0.25) is 10.0 Å². The van der Waals surface area contributed by atoms with Crippen LogP contribution in [0.5, 0.6) is 5.88 Å². The molecule has 112 valence electrons. The fraction of sp³-hybridized carbons (Fsp3) is 0.231. The highest BCUT2D eigenvalue weighted by atomic mass is 35.5. The van der Waals surface area contributed by atoms with Crippen molar-refractivity contribution in [3.8, 4) is 5.88 Å². The van der Waals surface area contributed by atoms with Crippen LogP contribution in [0.15, 0.2) is 18.2 Å². The van der Waals surface area contributed by atoms with Crippen molar-refractivity contribution in [2.24, 2.45) is 5.73 Å². The van der Waals surface area contributed by atoms with Crippen molar-refractivity contribution in [3.63, 3.8) is 0 Å². The van der Waals surface area contributed by atoms with Crippen molar-refractivity contribution in [2.45, 2.75) is 13.1 Å². The Hall–Kier alpha value is -1.76. The van der Waals surface area contributed by atoms with Crippen LogP contribution in [-0.2, 0) is 13.1 Å². The third-order valence-electron chi connectivity index (χ3n) is 2.81. The molecule has 0 aliphatic carbocycles. The first kappa shape index (κ1) is 15.6. The summed E-state index contributed by atoms with van der Waals surface area (Å²) in [6.07, 6.45) is 0. The van der Waals surface area contributed by atoms with Crippen molar-refractivity contribution in [2.75, 3.05) is 18.2 Å². The second-order valence-corrected chi connectivity index (χ2v) is 5.04. The second kappa shape index (κ2) is 6.80. The lowest BCUT2D eigenvalue weighted by Gasteiger charge is -2.11. The zero-order valence-electron chi connectivity index (χ0n) is 11.4. The molecule has 0 aliphatic rings. The summed E-state index contributed by atoms with van der Waals surface area (Å²) in [5.74, 6) is 0.676. The van der Waals surface area contributed by atoms with Crippen molar-refractivity contribution in [1.82, 2.24) is 9.97 Å². The Labute approximate surface area is 132 Å². The molecule has 6 nitrogen and oxygen atoms in total. The number of nitrogens with two attached hydrogens (primary N) is 2. The number of ether oxygens (including phenoxy) is 1. The zero-order valence-corrected chi connectivity index (χ0v) is 12.9. The first-order valence-electron chi connectivity index (χ1n) is 6.13. The van der Waals surface area contributed by atoms with Gasteiger partial charge in [0.15, 0.2) is 0 Å². The number of rotatable bonds is 5. The predicted octanol–water partition coefficient (Wildman–Crippen LogP) is 2.44.